The van der Waals surface area contributed by atoms with Gasteiger partial charge in [0.05, 0.1) is 18.0 Å². The van der Waals surface area contributed by atoms with Gasteiger partial charge in [-0.3, -0.25) is 0 Å². The number of nitrogens with one attached hydrogen (secondary N) is 3. The first kappa shape index (κ1) is 31.0. The van der Waals surface area contributed by atoms with Crippen molar-refractivity contribution in [2.45, 2.75) is 40.7 Å². The average Bonchev–Trinajstić information content (AvgIpc) is 2.81. The van der Waals surface area contributed by atoms with E-state index in [1.54, 1.807) is 24.8 Å². The summed E-state index contributed by atoms with van der Waals surface area (Å²) in [5.74, 6) is -1.88. The Morgan fingerprint density at radius 2 is 1.82 bits per heavy atom. The summed E-state index contributed by atoms with van der Waals surface area (Å²) in [5.41, 5.74) is 3.65. The largest absolute Gasteiger partial charge is 0.350 e. The Hall–Kier alpha value is -2.00. The van der Waals surface area contributed by atoms with E-state index in [1.807, 2.05) is 27.2 Å². The normalized spacial score (nSPS) is 9.97. The molecule has 8 heteroatoms. The van der Waals surface area contributed by atoms with Crippen LogP contribution in [0.4, 0.5) is 24.5 Å². The van der Waals surface area contributed by atoms with E-state index in [2.05, 4.69) is 29.6 Å². The minimum Gasteiger partial charge on any atom is -0.350 e. The van der Waals surface area contributed by atoms with Gasteiger partial charge in [-0.2, -0.15) is 17.2 Å². The molecule has 0 atom stereocenters. The molecule has 3 N–H and O–H groups in total. The molecule has 2 rings (SSSR count). The molecule has 186 valence electrons. The van der Waals surface area contributed by atoms with Crippen LogP contribution in [0, 0.1) is 24.4 Å². The van der Waals surface area contributed by atoms with Crippen LogP contribution in [0.5, 0.6) is 0 Å². The molecule has 0 bridgehead atoms. The van der Waals surface area contributed by atoms with Crippen LogP contribution in [-0.2, 0) is 11.4 Å². The van der Waals surface area contributed by atoms with Crippen LogP contribution in [0.25, 0.3) is 6.08 Å². The Bertz CT molecular complexity index is 833. The summed E-state index contributed by atoms with van der Waals surface area (Å²) < 4.78 is 43.0. The number of halogens is 3. The lowest BCUT2D eigenvalue weighted by Crippen LogP contribution is -2.17. The standard InChI is InChI=1S/C19H21F3N2OS.C4H11N.C2H6/c1-4-13-10-14(11-23-25-7-8-26-3)17(21)18(22)19(13)24-16-6-5-12(2)9-15(16)20;1-3-4-5-2;1-2/h4-6,9-10,23-24H,1,7-8,11H2,2-3H3;5H,3-4H2,1-2H3;1-2H3. The van der Waals surface area contributed by atoms with Crippen molar-refractivity contribution in [3.63, 3.8) is 0 Å². The monoisotopic (exact) mass is 485 g/mol. The molecule has 0 fully saturated rings. The summed E-state index contributed by atoms with van der Waals surface area (Å²) in [6, 6.07) is 5.92. The summed E-state index contributed by atoms with van der Waals surface area (Å²) in [4.78, 5) is 5.15. The lowest BCUT2D eigenvalue weighted by molar-refractivity contribution is 0.0475. The van der Waals surface area contributed by atoms with E-state index in [0.717, 1.165) is 17.9 Å². The van der Waals surface area contributed by atoms with E-state index in [-0.39, 0.29) is 23.5 Å². The highest BCUT2D eigenvalue weighted by molar-refractivity contribution is 7.98. The van der Waals surface area contributed by atoms with Crippen LogP contribution in [0.1, 0.15) is 43.9 Å². The predicted molar refractivity (Wildman–Crippen MR) is 138 cm³/mol. The maximum atomic E-state index is 14.6. The third-order valence-electron chi connectivity index (χ3n) is 4.17. The van der Waals surface area contributed by atoms with E-state index >= 15 is 0 Å². The highest BCUT2D eigenvalue weighted by Crippen LogP contribution is 2.30. The van der Waals surface area contributed by atoms with Crippen molar-refractivity contribution in [3.8, 4) is 0 Å². The van der Waals surface area contributed by atoms with Crippen molar-refractivity contribution in [1.29, 1.82) is 0 Å². The number of hydrogen-bond donors (Lipinski definition) is 3. The molecule has 33 heavy (non-hydrogen) atoms. The second-order valence-corrected chi connectivity index (χ2v) is 7.69. The molecule has 0 spiro atoms. The summed E-state index contributed by atoms with van der Waals surface area (Å²) in [7, 11) is 1.96. The minimum absolute atomic E-state index is 0.00283. The molecule has 0 radical (unpaired) electrons. The van der Waals surface area contributed by atoms with E-state index in [4.69, 9.17) is 4.84 Å². The zero-order valence-electron chi connectivity index (χ0n) is 20.6. The molecule has 0 saturated carbocycles. The van der Waals surface area contributed by atoms with Gasteiger partial charge in [0.15, 0.2) is 11.6 Å². The van der Waals surface area contributed by atoms with Crippen LogP contribution in [0.3, 0.4) is 0 Å². The molecule has 2 aromatic carbocycles. The number of aryl methyl sites for hydroxylation is 1. The minimum atomic E-state index is -1.09. The van der Waals surface area contributed by atoms with Crippen LogP contribution >= 0.6 is 11.8 Å². The van der Waals surface area contributed by atoms with Gasteiger partial charge in [0.2, 0.25) is 0 Å². The zero-order valence-corrected chi connectivity index (χ0v) is 21.4. The maximum Gasteiger partial charge on any atom is 0.183 e. The molecule has 2 aromatic rings. The maximum absolute atomic E-state index is 14.6. The Morgan fingerprint density at radius 1 is 1.12 bits per heavy atom. The SMILES string of the molecule is C=Cc1cc(CNOCCSC)c(F)c(F)c1Nc1ccc(C)cc1F.CC.CCCNC. The molecular formula is C25H38F3N3OS. The fourth-order valence-corrected chi connectivity index (χ4v) is 2.80. The predicted octanol–water partition coefficient (Wildman–Crippen LogP) is 6.83. The quantitative estimate of drug-likeness (QED) is 0.241. The highest BCUT2D eigenvalue weighted by Gasteiger charge is 2.18. The Balaban J connectivity index is 0.00000129. The van der Waals surface area contributed by atoms with Crippen LogP contribution in [0.15, 0.2) is 30.8 Å². The Kier molecular flexibility index (Phi) is 17.3. The first-order valence-corrected chi connectivity index (χ1v) is 12.4. The third-order valence-corrected chi connectivity index (χ3v) is 4.75. The van der Waals surface area contributed by atoms with Gasteiger partial charge in [-0.05, 0) is 57.0 Å². The van der Waals surface area contributed by atoms with E-state index in [1.165, 1.54) is 30.7 Å². The zero-order chi connectivity index (χ0) is 25.2. The molecule has 0 unspecified atom stereocenters. The van der Waals surface area contributed by atoms with Gasteiger partial charge in [-0.25, -0.2) is 13.2 Å². The lowest BCUT2D eigenvalue weighted by atomic mass is 10.1. The Labute approximate surface area is 201 Å². The smallest absolute Gasteiger partial charge is 0.183 e. The summed E-state index contributed by atoms with van der Waals surface area (Å²) >= 11 is 1.61. The van der Waals surface area contributed by atoms with Gasteiger partial charge in [0.1, 0.15) is 5.82 Å². The van der Waals surface area contributed by atoms with Gasteiger partial charge >= 0.3 is 0 Å². The Morgan fingerprint density at radius 3 is 2.33 bits per heavy atom. The van der Waals surface area contributed by atoms with Crippen LogP contribution < -0.4 is 16.1 Å². The molecule has 4 nitrogen and oxygen atoms in total. The number of thioether (sulfide) groups is 1. The molecule has 0 aromatic heterocycles. The highest BCUT2D eigenvalue weighted by atomic mass is 32.2. The number of hydroxylamine groups is 1. The fraction of sp³-hybridized carbons (Fsp3) is 0.440. The molecule has 0 amide bonds. The molecular weight excluding hydrogens is 447 g/mol. The fourth-order valence-electron chi connectivity index (χ4n) is 2.55. The van der Waals surface area contributed by atoms with E-state index < -0.39 is 17.5 Å². The van der Waals surface area contributed by atoms with E-state index in [9.17, 15) is 13.2 Å². The van der Waals surface area contributed by atoms with Crippen molar-refractivity contribution in [2.24, 2.45) is 0 Å². The topological polar surface area (TPSA) is 45.3 Å². The van der Waals surface area contributed by atoms with Crippen molar-refractivity contribution < 1.29 is 18.0 Å². The summed E-state index contributed by atoms with van der Waals surface area (Å²) in [5, 5.41) is 5.64. The average molecular weight is 486 g/mol. The van der Waals surface area contributed by atoms with Crippen molar-refractivity contribution in [2.75, 3.05) is 37.5 Å². The summed E-state index contributed by atoms with van der Waals surface area (Å²) in [6.07, 6.45) is 4.56. The van der Waals surface area contributed by atoms with E-state index in [0.29, 0.717) is 12.2 Å². The molecule has 0 aliphatic heterocycles. The summed E-state index contributed by atoms with van der Waals surface area (Å²) in [6.45, 7) is 13.1. The van der Waals surface area contributed by atoms with Gasteiger partial charge in [0.25, 0.3) is 0 Å². The second-order valence-electron chi connectivity index (χ2n) is 6.71. The number of hydrogen-bond acceptors (Lipinski definition) is 5. The molecule has 0 aliphatic carbocycles. The van der Waals surface area contributed by atoms with Gasteiger partial charge in [0, 0.05) is 23.4 Å². The van der Waals surface area contributed by atoms with Gasteiger partial charge in [-0.15, -0.1) is 0 Å². The van der Waals surface area contributed by atoms with Gasteiger partial charge in [-0.1, -0.05) is 39.5 Å². The lowest BCUT2D eigenvalue weighted by Gasteiger charge is -2.15. The van der Waals surface area contributed by atoms with Crippen molar-refractivity contribution in [1.82, 2.24) is 10.8 Å². The van der Waals surface area contributed by atoms with Crippen molar-refractivity contribution >= 4 is 29.2 Å². The number of anilines is 2. The van der Waals surface area contributed by atoms with Crippen LogP contribution in [-0.4, -0.2) is 32.2 Å². The first-order valence-electron chi connectivity index (χ1n) is 11.0. The number of rotatable bonds is 11. The second kappa shape index (κ2) is 18.4. The van der Waals surface area contributed by atoms with Crippen molar-refractivity contribution in [3.05, 3.63) is 65.0 Å². The first-order chi connectivity index (χ1) is 15.9. The molecule has 0 aliphatic rings. The van der Waals surface area contributed by atoms with Crippen LogP contribution in [0.2, 0.25) is 0 Å². The molecule has 0 heterocycles. The third kappa shape index (κ3) is 11.1. The molecule has 0 saturated heterocycles. The van der Waals surface area contributed by atoms with Gasteiger partial charge < -0.3 is 15.5 Å². The number of benzene rings is 2.